The zero-order chi connectivity index (χ0) is 19.2. The van der Waals surface area contributed by atoms with E-state index in [4.69, 9.17) is 16.9 Å². The quantitative estimate of drug-likeness (QED) is 0.586. The number of hydrogen-bond donors (Lipinski definition) is 1. The molecule has 5 nitrogen and oxygen atoms in total. The second-order valence-electron chi connectivity index (χ2n) is 5.84. The lowest BCUT2D eigenvalue weighted by Gasteiger charge is -2.05. The van der Waals surface area contributed by atoms with E-state index in [9.17, 15) is 4.79 Å². The van der Waals surface area contributed by atoms with Crippen LogP contribution in [0.3, 0.4) is 0 Å². The van der Waals surface area contributed by atoms with Crippen molar-refractivity contribution < 1.29 is 4.79 Å². The van der Waals surface area contributed by atoms with E-state index in [0.717, 1.165) is 21.0 Å². The molecule has 0 aliphatic carbocycles. The van der Waals surface area contributed by atoms with E-state index >= 15 is 0 Å². The fourth-order valence-electron chi connectivity index (χ4n) is 2.54. The summed E-state index contributed by atoms with van der Waals surface area (Å²) in [5, 5.41) is 16.5. The standard InChI is InChI=1S/C20H17ClN4OS/c1-14-12-19(25(24-14)11-3-10-22)23-20(26)9-7-17-6-8-18(27-17)15-4-2-5-16(21)13-15/h2,4-9,12-13H,3,11H2,1H3,(H,23,26)/b9-7+. The fourth-order valence-corrected chi connectivity index (χ4v) is 3.63. The molecule has 3 aromatic rings. The predicted octanol–water partition coefficient (Wildman–Crippen LogP) is 5.14. The first kappa shape index (κ1) is 18.9. The van der Waals surface area contributed by atoms with Crippen molar-refractivity contribution in [2.24, 2.45) is 0 Å². The molecule has 2 aromatic heterocycles. The van der Waals surface area contributed by atoms with E-state index in [1.165, 1.54) is 6.08 Å². The summed E-state index contributed by atoms with van der Waals surface area (Å²) in [6.07, 6.45) is 3.60. The summed E-state index contributed by atoms with van der Waals surface area (Å²) in [6, 6.07) is 15.5. The SMILES string of the molecule is Cc1cc(NC(=O)/C=C/c2ccc(-c3cccc(Cl)c3)s2)n(CCC#N)n1. The van der Waals surface area contributed by atoms with Gasteiger partial charge in [-0.3, -0.25) is 4.79 Å². The lowest BCUT2D eigenvalue weighted by atomic mass is 10.2. The van der Waals surface area contributed by atoms with Crippen LogP contribution in [-0.4, -0.2) is 15.7 Å². The first-order valence-corrected chi connectivity index (χ1v) is 9.51. The Morgan fingerprint density at radius 3 is 3.00 bits per heavy atom. The number of nitrogens with one attached hydrogen (secondary N) is 1. The van der Waals surface area contributed by atoms with E-state index in [-0.39, 0.29) is 5.91 Å². The number of thiophene rings is 1. The number of nitriles is 1. The first-order chi connectivity index (χ1) is 13.0. The number of aryl methyl sites for hydroxylation is 2. The zero-order valence-electron chi connectivity index (χ0n) is 14.6. The van der Waals surface area contributed by atoms with Gasteiger partial charge in [-0.1, -0.05) is 23.7 Å². The molecule has 0 fully saturated rings. The van der Waals surface area contributed by atoms with Crippen molar-refractivity contribution in [3.63, 3.8) is 0 Å². The van der Waals surface area contributed by atoms with Crippen LogP contribution >= 0.6 is 22.9 Å². The average molecular weight is 397 g/mol. The van der Waals surface area contributed by atoms with Crippen LogP contribution in [0.15, 0.2) is 48.5 Å². The summed E-state index contributed by atoms with van der Waals surface area (Å²) < 4.78 is 1.63. The molecule has 136 valence electrons. The minimum Gasteiger partial charge on any atom is -0.307 e. The monoisotopic (exact) mass is 396 g/mol. The number of rotatable bonds is 6. The third kappa shape index (κ3) is 5.07. The smallest absolute Gasteiger partial charge is 0.249 e. The van der Waals surface area contributed by atoms with Crippen LogP contribution in [0.4, 0.5) is 5.82 Å². The molecule has 1 amide bonds. The highest BCUT2D eigenvalue weighted by Crippen LogP contribution is 2.30. The maximum atomic E-state index is 12.2. The van der Waals surface area contributed by atoms with Crippen molar-refractivity contribution in [1.29, 1.82) is 5.26 Å². The lowest BCUT2D eigenvalue weighted by molar-refractivity contribution is -0.111. The van der Waals surface area contributed by atoms with Gasteiger partial charge in [0.25, 0.3) is 0 Å². The molecule has 0 atom stereocenters. The molecule has 0 aliphatic heterocycles. The molecule has 1 aromatic carbocycles. The molecule has 0 saturated heterocycles. The summed E-state index contributed by atoms with van der Waals surface area (Å²) >= 11 is 7.62. The van der Waals surface area contributed by atoms with Crippen molar-refractivity contribution >= 4 is 40.7 Å². The van der Waals surface area contributed by atoms with Crippen LogP contribution in [0.25, 0.3) is 16.5 Å². The average Bonchev–Trinajstić information content (AvgIpc) is 3.25. The Bertz CT molecular complexity index is 1030. The molecule has 0 radical (unpaired) electrons. The van der Waals surface area contributed by atoms with Gasteiger partial charge in [-0.15, -0.1) is 11.3 Å². The van der Waals surface area contributed by atoms with Gasteiger partial charge in [-0.25, -0.2) is 4.68 Å². The van der Waals surface area contributed by atoms with Crippen molar-refractivity contribution in [1.82, 2.24) is 9.78 Å². The van der Waals surface area contributed by atoms with Crippen LogP contribution < -0.4 is 5.32 Å². The Morgan fingerprint density at radius 1 is 1.37 bits per heavy atom. The Hall–Kier alpha value is -2.88. The molecule has 7 heteroatoms. The van der Waals surface area contributed by atoms with Gasteiger partial charge < -0.3 is 5.32 Å². The largest absolute Gasteiger partial charge is 0.307 e. The highest BCUT2D eigenvalue weighted by Gasteiger charge is 2.08. The second-order valence-corrected chi connectivity index (χ2v) is 7.39. The molecule has 3 rings (SSSR count). The third-order valence-electron chi connectivity index (χ3n) is 3.72. The van der Waals surface area contributed by atoms with Crippen LogP contribution in [0, 0.1) is 18.3 Å². The van der Waals surface area contributed by atoms with E-state index in [2.05, 4.69) is 16.5 Å². The Morgan fingerprint density at radius 2 is 2.22 bits per heavy atom. The van der Waals surface area contributed by atoms with Gasteiger partial charge in [-0.2, -0.15) is 10.4 Å². The van der Waals surface area contributed by atoms with Gasteiger partial charge in [0.2, 0.25) is 5.91 Å². The molecular formula is C20H17ClN4OS. The van der Waals surface area contributed by atoms with Crippen LogP contribution in [0.5, 0.6) is 0 Å². The second kappa shape index (κ2) is 8.67. The molecule has 0 aliphatic rings. The highest BCUT2D eigenvalue weighted by atomic mass is 35.5. The van der Waals surface area contributed by atoms with Gasteiger partial charge in [0.05, 0.1) is 24.7 Å². The zero-order valence-corrected chi connectivity index (χ0v) is 16.2. The molecular weight excluding hydrogens is 380 g/mol. The van der Waals surface area contributed by atoms with Crippen molar-refractivity contribution in [2.75, 3.05) is 5.32 Å². The number of anilines is 1. The summed E-state index contributed by atoms with van der Waals surface area (Å²) in [4.78, 5) is 14.3. The summed E-state index contributed by atoms with van der Waals surface area (Å²) in [5.74, 6) is 0.342. The van der Waals surface area contributed by atoms with E-state index < -0.39 is 0 Å². The van der Waals surface area contributed by atoms with E-state index in [0.29, 0.717) is 23.8 Å². The number of benzene rings is 1. The number of hydrogen-bond acceptors (Lipinski definition) is 4. The van der Waals surface area contributed by atoms with Crippen molar-refractivity contribution in [3.05, 3.63) is 64.1 Å². The number of halogens is 1. The third-order valence-corrected chi connectivity index (χ3v) is 5.06. The number of nitrogens with zero attached hydrogens (tertiary/aromatic N) is 3. The van der Waals surface area contributed by atoms with Crippen LogP contribution in [0.1, 0.15) is 17.0 Å². The van der Waals surface area contributed by atoms with Gasteiger partial charge >= 0.3 is 0 Å². The predicted molar refractivity (Wildman–Crippen MR) is 110 cm³/mol. The highest BCUT2D eigenvalue weighted by molar-refractivity contribution is 7.16. The number of aromatic nitrogens is 2. The number of amides is 1. The minimum atomic E-state index is -0.245. The molecule has 2 heterocycles. The van der Waals surface area contributed by atoms with Crippen molar-refractivity contribution in [2.45, 2.75) is 19.9 Å². The topological polar surface area (TPSA) is 70.7 Å². The summed E-state index contributed by atoms with van der Waals surface area (Å²) in [5.41, 5.74) is 1.84. The minimum absolute atomic E-state index is 0.245. The lowest BCUT2D eigenvalue weighted by Crippen LogP contribution is -2.13. The summed E-state index contributed by atoms with van der Waals surface area (Å²) in [7, 11) is 0. The van der Waals surface area contributed by atoms with Gasteiger partial charge in [0.15, 0.2) is 0 Å². The molecule has 0 saturated carbocycles. The van der Waals surface area contributed by atoms with E-state index in [1.807, 2.05) is 43.3 Å². The molecule has 0 spiro atoms. The number of carbonyl (C=O) groups is 1. The Balaban J connectivity index is 1.67. The fraction of sp³-hybridized carbons (Fsp3) is 0.150. The maximum absolute atomic E-state index is 12.2. The first-order valence-electron chi connectivity index (χ1n) is 8.31. The van der Waals surface area contributed by atoms with Crippen LogP contribution in [-0.2, 0) is 11.3 Å². The molecule has 0 bridgehead atoms. The summed E-state index contributed by atoms with van der Waals surface area (Å²) in [6.45, 7) is 2.29. The van der Waals surface area contributed by atoms with E-state index in [1.54, 1.807) is 28.2 Å². The Kier molecular flexibility index (Phi) is 6.07. The maximum Gasteiger partial charge on any atom is 0.249 e. The van der Waals surface area contributed by atoms with Crippen LogP contribution in [0.2, 0.25) is 5.02 Å². The Labute approximate surface area is 166 Å². The van der Waals surface area contributed by atoms with Gasteiger partial charge in [0.1, 0.15) is 5.82 Å². The van der Waals surface area contributed by atoms with Gasteiger partial charge in [0, 0.05) is 26.9 Å². The van der Waals surface area contributed by atoms with Gasteiger partial charge in [-0.05, 0) is 42.8 Å². The number of carbonyl (C=O) groups excluding carboxylic acids is 1. The molecule has 0 unspecified atom stereocenters. The van der Waals surface area contributed by atoms with Crippen molar-refractivity contribution in [3.8, 4) is 16.5 Å². The molecule has 1 N–H and O–H groups in total. The molecule has 27 heavy (non-hydrogen) atoms. The normalized spacial score (nSPS) is 10.9.